The average Bonchev–Trinajstić information content (AvgIpc) is 3.38. The van der Waals surface area contributed by atoms with E-state index in [9.17, 15) is 22.0 Å². The molecule has 152 valence electrons. The van der Waals surface area contributed by atoms with Crippen LogP contribution in [0.5, 0.6) is 0 Å². The molecule has 1 saturated carbocycles. The first kappa shape index (κ1) is 19.8. The van der Waals surface area contributed by atoms with Gasteiger partial charge in [-0.05, 0) is 52.9 Å². The van der Waals surface area contributed by atoms with Gasteiger partial charge in [-0.3, -0.25) is 9.52 Å². The number of nitrogens with zero attached hydrogens (tertiary/aromatic N) is 1. The summed E-state index contributed by atoms with van der Waals surface area (Å²) in [5, 5.41) is 3.06. The van der Waals surface area contributed by atoms with Crippen molar-refractivity contribution in [3.05, 3.63) is 52.3 Å². The molecule has 2 aromatic heterocycles. The molecule has 3 aromatic rings. The van der Waals surface area contributed by atoms with E-state index >= 15 is 0 Å². The summed E-state index contributed by atoms with van der Waals surface area (Å²) in [6.07, 6.45) is 4.60. The van der Waals surface area contributed by atoms with E-state index in [4.69, 9.17) is 0 Å². The molecular formula is C18H15BrF2N4O3S. The van der Waals surface area contributed by atoms with E-state index < -0.39 is 38.8 Å². The third-order valence-corrected chi connectivity index (χ3v) is 6.57. The van der Waals surface area contributed by atoms with E-state index in [1.165, 1.54) is 6.20 Å². The summed E-state index contributed by atoms with van der Waals surface area (Å²) in [6.45, 7) is 0. The number of carbonyl (C=O) groups is 1. The second kappa shape index (κ2) is 7.38. The Balaban J connectivity index is 1.60. The highest BCUT2D eigenvalue weighted by molar-refractivity contribution is 9.10. The number of amides is 1. The Kier molecular flexibility index (Phi) is 5.03. The lowest BCUT2D eigenvalue weighted by molar-refractivity contribution is 0.101. The van der Waals surface area contributed by atoms with Crippen molar-refractivity contribution in [3.63, 3.8) is 0 Å². The fourth-order valence-corrected chi connectivity index (χ4v) is 4.82. The molecule has 1 fully saturated rings. The predicted octanol–water partition coefficient (Wildman–Crippen LogP) is 4.01. The number of hydrogen-bond donors (Lipinski definition) is 3. The van der Waals surface area contributed by atoms with Crippen LogP contribution < -0.4 is 10.0 Å². The Morgan fingerprint density at radius 3 is 2.79 bits per heavy atom. The van der Waals surface area contributed by atoms with Crippen molar-refractivity contribution in [2.75, 3.05) is 15.8 Å². The maximum absolute atomic E-state index is 14.8. The molecule has 0 aliphatic heterocycles. The summed E-state index contributed by atoms with van der Waals surface area (Å²) in [7, 11) is -3.79. The van der Waals surface area contributed by atoms with Crippen LogP contribution in [0.25, 0.3) is 11.0 Å². The van der Waals surface area contributed by atoms with Gasteiger partial charge in [0.25, 0.3) is 5.91 Å². The van der Waals surface area contributed by atoms with Gasteiger partial charge in [-0.1, -0.05) is 0 Å². The second-order valence-corrected chi connectivity index (χ2v) is 9.44. The molecule has 1 aliphatic carbocycles. The number of sulfonamides is 1. The minimum absolute atomic E-state index is 0.0500. The lowest BCUT2D eigenvalue weighted by Crippen LogP contribution is -2.21. The van der Waals surface area contributed by atoms with E-state index in [0.29, 0.717) is 15.5 Å². The van der Waals surface area contributed by atoms with Crippen LogP contribution in [-0.2, 0) is 10.0 Å². The molecule has 4 rings (SSSR count). The van der Waals surface area contributed by atoms with Crippen LogP contribution in [0.15, 0.2) is 35.1 Å². The van der Waals surface area contributed by atoms with Gasteiger partial charge in [-0.15, -0.1) is 0 Å². The molecule has 0 radical (unpaired) electrons. The van der Waals surface area contributed by atoms with Crippen LogP contribution in [0.4, 0.5) is 20.2 Å². The number of benzene rings is 1. The largest absolute Gasteiger partial charge is 0.345 e. The van der Waals surface area contributed by atoms with Gasteiger partial charge < -0.3 is 10.3 Å². The van der Waals surface area contributed by atoms with Crippen molar-refractivity contribution in [2.24, 2.45) is 5.92 Å². The van der Waals surface area contributed by atoms with Gasteiger partial charge in [0.05, 0.1) is 23.3 Å². The molecule has 2 heterocycles. The minimum atomic E-state index is -3.79. The lowest BCUT2D eigenvalue weighted by atomic mass is 10.1. The lowest BCUT2D eigenvalue weighted by Gasteiger charge is -2.12. The van der Waals surface area contributed by atoms with Crippen LogP contribution in [0.3, 0.4) is 0 Å². The third kappa shape index (κ3) is 4.25. The van der Waals surface area contributed by atoms with Crippen molar-refractivity contribution in [3.8, 4) is 0 Å². The smallest absolute Gasteiger partial charge is 0.261 e. The highest BCUT2D eigenvalue weighted by Gasteiger charge is 2.29. The van der Waals surface area contributed by atoms with Crippen molar-refractivity contribution < 1.29 is 22.0 Å². The predicted molar refractivity (Wildman–Crippen MR) is 108 cm³/mol. The number of rotatable bonds is 6. The zero-order valence-electron chi connectivity index (χ0n) is 14.8. The number of anilines is 2. The highest BCUT2D eigenvalue weighted by atomic mass is 79.9. The second-order valence-electron chi connectivity index (χ2n) is 6.82. The van der Waals surface area contributed by atoms with Gasteiger partial charge in [-0.2, -0.15) is 0 Å². The Labute approximate surface area is 173 Å². The Hall–Kier alpha value is -2.53. The first-order valence-electron chi connectivity index (χ1n) is 8.66. The standard InChI is InChI=1S/C18H15BrF2N4O3S/c19-12-7-23-17-11(12)5-10(6-22-17)24-18(26)15-13(20)3-4-14(16(15)21)25-29(27,28)8-9-1-2-9/h3-7,9,25H,1-2,8H2,(H,22,23)(H,24,26). The SMILES string of the molecule is O=C(Nc1cnc2[nH]cc(Br)c2c1)c1c(F)ccc(NS(=O)(=O)CC2CC2)c1F. The topological polar surface area (TPSA) is 104 Å². The van der Waals surface area contributed by atoms with Gasteiger partial charge in [-0.25, -0.2) is 22.2 Å². The molecule has 7 nitrogen and oxygen atoms in total. The molecular weight excluding hydrogens is 470 g/mol. The molecule has 0 bridgehead atoms. The first-order chi connectivity index (χ1) is 13.7. The summed E-state index contributed by atoms with van der Waals surface area (Å²) in [5.74, 6) is -3.53. The molecule has 1 aromatic carbocycles. The number of H-pyrrole nitrogens is 1. The molecule has 1 amide bonds. The van der Waals surface area contributed by atoms with Crippen LogP contribution in [0.2, 0.25) is 0 Å². The Morgan fingerprint density at radius 2 is 2.07 bits per heavy atom. The summed E-state index contributed by atoms with van der Waals surface area (Å²) >= 11 is 3.33. The Bertz CT molecular complexity index is 1230. The number of halogens is 3. The van der Waals surface area contributed by atoms with E-state index in [-0.39, 0.29) is 17.4 Å². The Morgan fingerprint density at radius 1 is 1.31 bits per heavy atom. The number of hydrogen-bond acceptors (Lipinski definition) is 4. The van der Waals surface area contributed by atoms with Gasteiger partial charge in [0.15, 0.2) is 5.82 Å². The first-order valence-corrected chi connectivity index (χ1v) is 11.1. The molecule has 0 atom stereocenters. The molecule has 29 heavy (non-hydrogen) atoms. The number of carbonyl (C=O) groups excluding carboxylic acids is 1. The monoisotopic (exact) mass is 484 g/mol. The van der Waals surface area contributed by atoms with E-state index in [1.807, 2.05) is 0 Å². The van der Waals surface area contributed by atoms with Gasteiger partial charge in [0.1, 0.15) is 17.0 Å². The van der Waals surface area contributed by atoms with Gasteiger partial charge >= 0.3 is 0 Å². The van der Waals surface area contributed by atoms with Gasteiger partial charge in [0.2, 0.25) is 10.0 Å². The highest BCUT2D eigenvalue weighted by Crippen LogP contribution is 2.31. The minimum Gasteiger partial charge on any atom is -0.345 e. The van der Waals surface area contributed by atoms with E-state index in [1.54, 1.807) is 12.3 Å². The van der Waals surface area contributed by atoms with Crippen LogP contribution in [0.1, 0.15) is 23.2 Å². The van der Waals surface area contributed by atoms with Crippen molar-refractivity contribution in [2.45, 2.75) is 12.8 Å². The zero-order chi connectivity index (χ0) is 20.8. The van der Waals surface area contributed by atoms with Crippen molar-refractivity contribution in [1.82, 2.24) is 9.97 Å². The summed E-state index contributed by atoms with van der Waals surface area (Å²) in [4.78, 5) is 19.5. The molecule has 0 unspecified atom stereocenters. The van der Waals surface area contributed by atoms with Crippen molar-refractivity contribution in [1.29, 1.82) is 0 Å². The number of aromatic amines is 1. The van der Waals surface area contributed by atoms with Crippen LogP contribution in [-0.4, -0.2) is 30.0 Å². The zero-order valence-corrected chi connectivity index (χ0v) is 17.2. The molecule has 3 N–H and O–H groups in total. The summed E-state index contributed by atoms with van der Waals surface area (Å²) < 4.78 is 56.0. The molecule has 0 saturated heterocycles. The summed E-state index contributed by atoms with van der Waals surface area (Å²) in [6, 6.07) is 3.38. The normalized spacial score (nSPS) is 14.2. The van der Waals surface area contributed by atoms with E-state index in [0.717, 1.165) is 25.0 Å². The quantitative estimate of drug-likeness (QED) is 0.491. The van der Waals surface area contributed by atoms with Crippen LogP contribution in [0, 0.1) is 17.6 Å². The molecule has 11 heteroatoms. The number of fused-ring (bicyclic) bond motifs is 1. The number of pyridine rings is 1. The average molecular weight is 485 g/mol. The van der Waals surface area contributed by atoms with E-state index in [2.05, 4.69) is 35.9 Å². The molecule has 1 aliphatic rings. The van der Waals surface area contributed by atoms with Crippen LogP contribution >= 0.6 is 15.9 Å². The number of aromatic nitrogens is 2. The maximum atomic E-state index is 14.8. The molecule has 0 spiro atoms. The fraction of sp³-hybridized carbons (Fsp3) is 0.222. The van der Waals surface area contributed by atoms with Gasteiger partial charge in [0, 0.05) is 16.1 Å². The summed E-state index contributed by atoms with van der Waals surface area (Å²) in [5.41, 5.74) is -0.565. The fourth-order valence-electron chi connectivity index (χ4n) is 2.88. The number of nitrogens with one attached hydrogen (secondary N) is 3. The van der Waals surface area contributed by atoms with Crippen molar-refractivity contribution >= 4 is 54.3 Å². The third-order valence-electron chi connectivity index (χ3n) is 4.47. The maximum Gasteiger partial charge on any atom is 0.261 e.